The van der Waals surface area contributed by atoms with Crippen molar-refractivity contribution < 1.29 is 19.3 Å². The van der Waals surface area contributed by atoms with E-state index in [0.29, 0.717) is 4.91 Å². The summed E-state index contributed by atoms with van der Waals surface area (Å²) < 4.78 is 0. The predicted octanol–water partition coefficient (Wildman–Crippen LogP) is 3.29. The second kappa shape index (κ2) is 9.31. The van der Waals surface area contributed by atoms with Crippen LogP contribution in [-0.4, -0.2) is 33.4 Å². The Morgan fingerprint density at radius 2 is 1.93 bits per heavy atom. The van der Waals surface area contributed by atoms with Gasteiger partial charge in [-0.3, -0.25) is 29.4 Å². The van der Waals surface area contributed by atoms with Crippen LogP contribution >= 0.6 is 11.8 Å². The summed E-state index contributed by atoms with van der Waals surface area (Å²) in [6, 6.07) is 6.52. The quantitative estimate of drug-likeness (QED) is 0.479. The number of nitro benzene ring substituents is 1. The van der Waals surface area contributed by atoms with Crippen LogP contribution in [0.2, 0.25) is 0 Å². The van der Waals surface area contributed by atoms with Crippen LogP contribution in [0.4, 0.5) is 10.5 Å². The molecular formula is C18H21N3O5S. The number of thioether (sulfide) groups is 1. The standard InChI is InChI=1S/C11H14N2O3S.C7H7NO2/c12-8(14)6-13-10(15)9(17-11(13)16)7-4-2-1-3-5-7;1-6-3-2-4-7(5-6)8(9)10/h1-6H2,(H2,12,14);2-5H,1H3. The van der Waals surface area contributed by atoms with Gasteiger partial charge in [-0.05, 0) is 49.9 Å². The van der Waals surface area contributed by atoms with Crippen LogP contribution in [0.3, 0.4) is 0 Å². The Bertz CT molecular complexity index is 798. The summed E-state index contributed by atoms with van der Waals surface area (Å²) in [6.07, 6.45) is 5.07. The SMILES string of the molecule is Cc1cccc([N+](=O)[O-])c1.NC(=O)CN1C(=O)SC(=C2CCCCC2)C1=O. The molecule has 1 heterocycles. The summed E-state index contributed by atoms with van der Waals surface area (Å²) in [5.74, 6) is -1.02. The van der Waals surface area contributed by atoms with Crippen molar-refractivity contribution in [3.63, 3.8) is 0 Å². The average Bonchev–Trinajstić information content (AvgIpc) is 2.91. The van der Waals surface area contributed by atoms with Crippen LogP contribution in [0.25, 0.3) is 0 Å². The van der Waals surface area contributed by atoms with Crippen LogP contribution in [0.1, 0.15) is 37.7 Å². The van der Waals surface area contributed by atoms with Crippen molar-refractivity contribution in [1.82, 2.24) is 4.90 Å². The van der Waals surface area contributed by atoms with Crippen LogP contribution in [0, 0.1) is 17.0 Å². The van der Waals surface area contributed by atoms with Gasteiger partial charge >= 0.3 is 0 Å². The van der Waals surface area contributed by atoms with Crippen LogP contribution in [0.5, 0.6) is 0 Å². The average molecular weight is 391 g/mol. The number of non-ortho nitro benzene ring substituents is 1. The van der Waals surface area contributed by atoms with Crippen molar-refractivity contribution in [3.05, 3.63) is 50.4 Å². The number of primary amides is 1. The number of aryl methyl sites for hydroxylation is 1. The lowest BCUT2D eigenvalue weighted by Crippen LogP contribution is -2.36. The molecule has 3 rings (SSSR count). The highest BCUT2D eigenvalue weighted by atomic mass is 32.2. The summed E-state index contributed by atoms with van der Waals surface area (Å²) >= 11 is 0.940. The molecule has 0 atom stereocenters. The van der Waals surface area contributed by atoms with Crippen LogP contribution < -0.4 is 5.73 Å². The van der Waals surface area contributed by atoms with E-state index in [-0.39, 0.29) is 23.4 Å². The number of amides is 3. The zero-order valence-corrected chi connectivity index (χ0v) is 15.8. The van der Waals surface area contributed by atoms with Crippen molar-refractivity contribution in [2.75, 3.05) is 6.54 Å². The molecule has 27 heavy (non-hydrogen) atoms. The number of rotatable bonds is 3. The van der Waals surface area contributed by atoms with Crippen LogP contribution in [-0.2, 0) is 9.59 Å². The highest BCUT2D eigenvalue weighted by Gasteiger charge is 2.37. The summed E-state index contributed by atoms with van der Waals surface area (Å²) in [6.45, 7) is 1.51. The van der Waals surface area contributed by atoms with Crippen molar-refractivity contribution in [2.24, 2.45) is 5.73 Å². The number of nitrogens with zero attached hydrogens (tertiary/aromatic N) is 2. The largest absolute Gasteiger partial charge is 0.368 e. The third-order valence-electron chi connectivity index (χ3n) is 4.15. The van der Waals surface area contributed by atoms with Gasteiger partial charge in [-0.15, -0.1) is 0 Å². The molecule has 0 radical (unpaired) electrons. The Balaban J connectivity index is 0.000000223. The molecule has 1 saturated carbocycles. The van der Waals surface area contributed by atoms with Gasteiger partial charge in [-0.25, -0.2) is 0 Å². The first-order chi connectivity index (χ1) is 12.8. The molecule has 1 saturated heterocycles. The van der Waals surface area contributed by atoms with Gasteiger partial charge in [0, 0.05) is 12.1 Å². The molecule has 0 spiro atoms. The highest BCUT2D eigenvalue weighted by Crippen LogP contribution is 2.37. The van der Waals surface area contributed by atoms with Crippen molar-refractivity contribution in [2.45, 2.75) is 39.0 Å². The van der Waals surface area contributed by atoms with E-state index >= 15 is 0 Å². The summed E-state index contributed by atoms with van der Waals surface area (Å²) in [7, 11) is 0. The first-order valence-corrected chi connectivity index (χ1v) is 9.36. The molecule has 1 aliphatic heterocycles. The summed E-state index contributed by atoms with van der Waals surface area (Å²) in [5, 5.41) is 9.77. The third kappa shape index (κ3) is 5.65. The Morgan fingerprint density at radius 1 is 1.26 bits per heavy atom. The zero-order chi connectivity index (χ0) is 20.0. The Labute approximate surface area is 160 Å². The summed E-state index contributed by atoms with van der Waals surface area (Å²) in [5.41, 5.74) is 7.14. The zero-order valence-electron chi connectivity index (χ0n) is 15.0. The molecule has 0 unspecified atom stereocenters. The number of benzene rings is 1. The molecule has 1 aromatic rings. The summed E-state index contributed by atoms with van der Waals surface area (Å²) in [4.78, 5) is 45.6. The maximum Gasteiger partial charge on any atom is 0.294 e. The van der Waals surface area contributed by atoms with E-state index in [1.54, 1.807) is 12.1 Å². The smallest absolute Gasteiger partial charge is 0.294 e. The topological polar surface area (TPSA) is 124 Å². The lowest BCUT2D eigenvalue weighted by molar-refractivity contribution is -0.384. The highest BCUT2D eigenvalue weighted by molar-refractivity contribution is 8.18. The molecule has 8 nitrogen and oxygen atoms in total. The fourth-order valence-electron chi connectivity index (χ4n) is 2.85. The normalized spacial score (nSPS) is 16.9. The molecule has 0 bridgehead atoms. The van der Waals surface area contributed by atoms with Gasteiger partial charge < -0.3 is 5.73 Å². The second-order valence-corrected chi connectivity index (χ2v) is 7.28. The van der Waals surface area contributed by atoms with E-state index in [1.807, 2.05) is 13.0 Å². The van der Waals surface area contributed by atoms with Crippen LogP contribution in [0.15, 0.2) is 34.7 Å². The molecule has 144 valence electrons. The minimum Gasteiger partial charge on any atom is -0.368 e. The second-order valence-electron chi connectivity index (χ2n) is 6.32. The van der Waals surface area contributed by atoms with E-state index in [1.165, 1.54) is 12.5 Å². The van der Waals surface area contributed by atoms with E-state index < -0.39 is 10.8 Å². The maximum atomic E-state index is 12.0. The number of imide groups is 1. The van der Waals surface area contributed by atoms with Crippen molar-refractivity contribution in [3.8, 4) is 0 Å². The first kappa shape index (κ1) is 20.6. The lowest BCUT2D eigenvalue weighted by Gasteiger charge is -2.15. The van der Waals surface area contributed by atoms with Gasteiger partial charge in [0.2, 0.25) is 5.91 Å². The fraction of sp³-hybridized carbons (Fsp3) is 0.389. The molecule has 2 aliphatic rings. The number of nitro groups is 1. The number of hydrogen-bond acceptors (Lipinski definition) is 6. The predicted molar refractivity (Wildman–Crippen MR) is 102 cm³/mol. The number of allylic oxidation sites excluding steroid dienone is 1. The number of nitrogens with two attached hydrogens (primary N) is 1. The molecule has 9 heteroatoms. The molecule has 1 aliphatic carbocycles. The van der Waals surface area contributed by atoms with E-state index in [2.05, 4.69) is 0 Å². The maximum absolute atomic E-state index is 12.0. The minimum absolute atomic E-state index is 0.153. The Hall–Kier alpha value is -2.68. The number of hydrogen-bond donors (Lipinski definition) is 1. The van der Waals surface area contributed by atoms with Gasteiger partial charge in [-0.1, -0.05) is 24.1 Å². The molecule has 2 N–H and O–H groups in total. The molecule has 0 aromatic heterocycles. The monoisotopic (exact) mass is 391 g/mol. The molecule has 3 amide bonds. The van der Waals surface area contributed by atoms with Crippen molar-refractivity contribution in [1.29, 1.82) is 0 Å². The minimum atomic E-state index is -0.665. The number of carbonyl (C=O) groups is 3. The Kier molecular flexibility index (Phi) is 7.12. The Morgan fingerprint density at radius 3 is 2.44 bits per heavy atom. The van der Waals surface area contributed by atoms with E-state index in [0.717, 1.165) is 53.5 Å². The fourth-order valence-corrected chi connectivity index (χ4v) is 3.83. The van der Waals surface area contributed by atoms with Gasteiger partial charge in [-0.2, -0.15) is 0 Å². The van der Waals surface area contributed by atoms with Gasteiger partial charge in [0.1, 0.15) is 6.54 Å². The van der Waals surface area contributed by atoms with Gasteiger partial charge in [0.05, 0.1) is 9.83 Å². The van der Waals surface area contributed by atoms with E-state index in [9.17, 15) is 24.5 Å². The first-order valence-electron chi connectivity index (χ1n) is 8.54. The van der Waals surface area contributed by atoms with E-state index in [4.69, 9.17) is 5.73 Å². The third-order valence-corrected chi connectivity index (χ3v) is 5.22. The van der Waals surface area contributed by atoms with Gasteiger partial charge in [0.15, 0.2) is 0 Å². The molecule has 1 aromatic carbocycles. The molecular weight excluding hydrogens is 370 g/mol. The lowest BCUT2D eigenvalue weighted by atomic mass is 9.94. The van der Waals surface area contributed by atoms with Crippen molar-refractivity contribution >= 4 is 34.5 Å². The molecule has 2 fully saturated rings. The number of carbonyl (C=O) groups excluding carboxylic acids is 3. The van der Waals surface area contributed by atoms with Gasteiger partial charge in [0.25, 0.3) is 16.8 Å².